The van der Waals surface area contributed by atoms with Crippen molar-refractivity contribution in [3.63, 3.8) is 0 Å². The highest BCUT2D eigenvalue weighted by molar-refractivity contribution is 5.70. The van der Waals surface area contributed by atoms with Gasteiger partial charge in [-0.05, 0) is 46.9 Å². The number of carbonyl (C=O) groups is 1. The minimum Gasteiger partial charge on any atom is -0.463 e. The van der Waals surface area contributed by atoms with Crippen LogP contribution in [0.3, 0.4) is 0 Å². The number of aliphatic hydroxyl groups excluding tert-OH is 1. The summed E-state index contributed by atoms with van der Waals surface area (Å²) in [6.45, 7) is 4.61. The van der Waals surface area contributed by atoms with Gasteiger partial charge < -0.3 is 14.9 Å². The highest BCUT2D eigenvalue weighted by Gasteiger charge is 2.71. The molecule has 238 valence electrons. The Labute approximate surface area is 250 Å². The van der Waals surface area contributed by atoms with E-state index in [-0.39, 0.29) is 25.7 Å². The number of alkyl halides is 6. The Balaban J connectivity index is 1.50. The van der Waals surface area contributed by atoms with E-state index in [1.165, 1.54) is 0 Å². The predicted octanol–water partition coefficient (Wildman–Crippen LogP) is 4.98. The van der Waals surface area contributed by atoms with E-state index in [0.29, 0.717) is 49.4 Å². The van der Waals surface area contributed by atoms with Gasteiger partial charge in [0.15, 0.2) is 0 Å². The van der Waals surface area contributed by atoms with Crippen LogP contribution in [-0.4, -0.2) is 82.2 Å². The van der Waals surface area contributed by atoms with Crippen molar-refractivity contribution in [1.29, 1.82) is 0 Å². The van der Waals surface area contributed by atoms with Crippen LogP contribution in [-0.2, 0) is 28.2 Å². The van der Waals surface area contributed by atoms with Crippen LogP contribution in [0.2, 0.25) is 0 Å². The van der Waals surface area contributed by atoms with E-state index in [4.69, 9.17) is 9.84 Å². The van der Waals surface area contributed by atoms with Gasteiger partial charge in [0, 0.05) is 56.7 Å². The van der Waals surface area contributed by atoms with Gasteiger partial charge in [0.05, 0.1) is 13.0 Å². The van der Waals surface area contributed by atoms with E-state index in [1.807, 2.05) is 24.3 Å². The van der Waals surface area contributed by atoms with Crippen molar-refractivity contribution in [3.8, 4) is 11.1 Å². The van der Waals surface area contributed by atoms with Crippen molar-refractivity contribution >= 4 is 5.97 Å². The molecule has 1 atom stereocenters. The third kappa shape index (κ3) is 7.57. The summed E-state index contributed by atoms with van der Waals surface area (Å²) in [5.74, 6) is -0.419. The second kappa shape index (κ2) is 13.6. The fourth-order valence-corrected chi connectivity index (χ4v) is 5.42. The van der Waals surface area contributed by atoms with Gasteiger partial charge in [-0.1, -0.05) is 42.5 Å². The van der Waals surface area contributed by atoms with Gasteiger partial charge >= 0.3 is 18.3 Å². The maximum atomic E-state index is 13.3. The van der Waals surface area contributed by atoms with Crippen molar-refractivity contribution < 1.29 is 46.1 Å². The highest BCUT2D eigenvalue weighted by atomic mass is 19.4. The van der Waals surface area contributed by atoms with E-state index in [9.17, 15) is 36.2 Å². The molecule has 2 heterocycles. The molecule has 13 heteroatoms. The van der Waals surface area contributed by atoms with Gasteiger partial charge in [-0.15, -0.1) is 0 Å². The lowest BCUT2D eigenvalue weighted by molar-refractivity contribution is -0.376. The molecule has 7 nitrogen and oxygen atoms in total. The fourth-order valence-electron chi connectivity index (χ4n) is 5.42. The summed E-state index contributed by atoms with van der Waals surface area (Å²) in [5.41, 5.74) is -2.57. The summed E-state index contributed by atoms with van der Waals surface area (Å²) in [6.07, 6.45) is -8.34. The first-order valence-corrected chi connectivity index (χ1v) is 13.9. The number of nitrogens with zero attached hydrogens (tertiary/aromatic N) is 3. The molecule has 0 amide bonds. The Morgan fingerprint density at radius 1 is 0.932 bits per heavy atom. The van der Waals surface area contributed by atoms with Crippen LogP contribution in [0.15, 0.2) is 67.0 Å². The average Bonchev–Trinajstić information content (AvgIpc) is 2.96. The zero-order valence-electron chi connectivity index (χ0n) is 23.9. The Bertz CT molecular complexity index is 1390. The molecule has 44 heavy (non-hydrogen) atoms. The molecule has 1 fully saturated rings. The number of hydrogen-bond donors (Lipinski definition) is 2. The van der Waals surface area contributed by atoms with Crippen molar-refractivity contribution in [2.24, 2.45) is 0 Å². The molecule has 4 rings (SSSR count). The first kappa shape index (κ1) is 33.4. The number of benzene rings is 2. The summed E-state index contributed by atoms with van der Waals surface area (Å²) < 4.78 is 84.7. The third-order valence-corrected chi connectivity index (χ3v) is 7.71. The van der Waals surface area contributed by atoms with Crippen LogP contribution in [0, 0.1) is 6.92 Å². The lowest BCUT2D eigenvalue weighted by atomic mass is 9.90. The molecule has 0 unspecified atom stereocenters. The van der Waals surface area contributed by atoms with Gasteiger partial charge in [-0.3, -0.25) is 19.6 Å². The molecule has 1 aromatic heterocycles. The maximum absolute atomic E-state index is 13.3. The number of aromatic nitrogens is 1. The van der Waals surface area contributed by atoms with Crippen LogP contribution in [0.1, 0.15) is 28.7 Å². The number of esters is 1. The van der Waals surface area contributed by atoms with Crippen LogP contribution < -0.4 is 0 Å². The Morgan fingerprint density at radius 2 is 1.59 bits per heavy atom. The van der Waals surface area contributed by atoms with Gasteiger partial charge in [0.2, 0.25) is 0 Å². The molecular formula is C31H33F6N3O4. The second-order valence-electron chi connectivity index (χ2n) is 10.8. The van der Waals surface area contributed by atoms with Gasteiger partial charge in [-0.2, -0.15) is 26.3 Å². The van der Waals surface area contributed by atoms with E-state index >= 15 is 0 Å². The molecule has 2 aromatic carbocycles. The molecule has 1 aliphatic rings. The minimum absolute atomic E-state index is 0.0837. The lowest BCUT2D eigenvalue weighted by Crippen LogP contribution is -2.53. The number of rotatable bonds is 10. The predicted molar refractivity (Wildman–Crippen MR) is 149 cm³/mol. The summed E-state index contributed by atoms with van der Waals surface area (Å²) in [5, 5.41) is 18.7. The summed E-state index contributed by atoms with van der Waals surface area (Å²) >= 11 is 0. The second-order valence-corrected chi connectivity index (χ2v) is 10.8. The largest absolute Gasteiger partial charge is 0.463 e. The van der Waals surface area contributed by atoms with Crippen molar-refractivity contribution in [1.82, 2.24) is 14.8 Å². The summed E-state index contributed by atoms with van der Waals surface area (Å²) in [6, 6.07) is 12.6. The van der Waals surface area contributed by atoms with Crippen molar-refractivity contribution in [3.05, 3.63) is 89.2 Å². The molecule has 1 saturated heterocycles. The van der Waals surface area contributed by atoms with Gasteiger partial charge in [0.25, 0.3) is 5.60 Å². The quantitative estimate of drug-likeness (QED) is 0.243. The Kier molecular flexibility index (Phi) is 10.3. The number of halogens is 6. The van der Waals surface area contributed by atoms with Crippen molar-refractivity contribution in [2.75, 3.05) is 32.8 Å². The molecule has 2 N–H and O–H groups in total. The number of hydrogen-bond acceptors (Lipinski definition) is 7. The van der Waals surface area contributed by atoms with E-state index in [0.717, 1.165) is 35.4 Å². The third-order valence-electron chi connectivity index (χ3n) is 7.71. The number of pyridine rings is 1. The highest BCUT2D eigenvalue weighted by Crippen LogP contribution is 2.50. The monoisotopic (exact) mass is 625 g/mol. The molecule has 0 saturated carbocycles. The number of carbonyl (C=O) groups excluding carboxylic acids is 1. The lowest BCUT2D eigenvalue weighted by Gasteiger charge is -2.41. The Hall–Kier alpha value is -3.52. The number of aryl methyl sites for hydroxylation is 1. The fraction of sp³-hybridized carbons (Fsp3) is 0.419. The molecule has 0 radical (unpaired) electrons. The molecule has 0 spiro atoms. The summed E-state index contributed by atoms with van der Waals surface area (Å²) in [4.78, 5) is 20.9. The zero-order chi connectivity index (χ0) is 32.1. The van der Waals surface area contributed by atoms with Crippen molar-refractivity contribution in [2.45, 2.75) is 50.4 Å². The number of aliphatic hydroxyl groups is 2. The molecule has 3 aromatic rings. The molecule has 0 bridgehead atoms. The van der Waals surface area contributed by atoms with E-state index < -0.39 is 29.5 Å². The average molecular weight is 626 g/mol. The number of ether oxygens (including phenoxy) is 1. The van der Waals surface area contributed by atoms with Crippen LogP contribution in [0.4, 0.5) is 26.3 Å². The van der Waals surface area contributed by atoms with E-state index in [2.05, 4.69) is 14.8 Å². The Morgan fingerprint density at radius 3 is 2.18 bits per heavy atom. The SMILES string of the molecule is Cc1cc(CN2CCN(Cc3ccncc3)C[C@H]2CC(=O)OCCO)ccc1-c1ccc(C(O)(C(F)(F)F)C(F)(F)F)cc1. The molecule has 0 aliphatic carbocycles. The van der Waals surface area contributed by atoms with E-state index in [1.54, 1.807) is 25.4 Å². The summed E-state index contributed by atoms with van der Waals surface area (Å²) in [7, 11) is 0. The van der Waals surface area contributed by atoms with Crippen LogP contribution in [0.25, 0.3) is 11.1 Å². The van der Waals surface area contributed by atoms with Crippen LogP contribution in [0.5, 0.6) is 0 Å². The number of piperazine rings is 1. The smallest absolute Gasteiger partial charge is 0.430 e. The molecule has 1 aliphatic heterocycles. The van der Waals surface area contributed by atoms with Gasteiger partial charge in [-0.25, -0.2) is 0 Å². The minimum atomic E-state index is -5.96. The standard InChI is InChI=1S/C31H33F6N3O4/c1-21-16-23(2-7-27(21)24-3-5-25(6-4-24)29(43,30(32,33)34)31(35,36)37)19-40-13-12-39(18-22-8-10-38-11-9-22)20-26(40)17-28(42)44-15-14-41/h2-11,16,26,41,43H,12-15,17-20H2,1H3/t26-/m1/s1. The topological polar surface area (TPSA) is 86.1 Å². The first-order chi connectivity index (χ1) is 20.7. The van der Waals surface area contributed by atoms with Gasteiger partial charge in [0.1, 0.15) is 6.61 Å². The first-order valence-electron chi connectivity index (χ1n) is 13.9. The molecular weight excluding hydrogens is 592 g/mol. The van der Waals surface area contributed by atoms with Crippen LogP contribution >= 0.6 is 0 Å². The maximum Gasteiger partial charge on any atom is 0.430 e. The normalized spacial score (nSPS) is 17.1. The zero-order valence-corrected chi connectivity index (χ0v) is 23.9.